The van der Waals surface area contributed by atoms with Crippen molar-refractivity contribution in [2.45, 2.75) is 44.6 Å². The van der Waals surface area contributed by atoms with Gasteiger partial charge in [-0.25, -0.2) is 8.78 Å². The third kappa shape index (κ3) is 4.60. The van der Waals surface area contributed by atoms with Crippen molar-refractivity contribution in [2.24, 2.45) is 23.0 Å². The van der Waals surface area contributed by atoms with Crippen molar-refractivity contribution in [3.05, 3.63) is 0 Å². The zero-order chi connectivity index (χ0) is 17.8. The molecule has 0 aromatic carbocycles. The maximum absolute atomic E-state index is 11.8. The molecule has 0 unspecified atom stereocenters. The molecule has 0 saturated heterocycles. The summed E-state index contributed by atoms with van der Waals surface area (Å²) in [6.07, 6.45) is -0.827. The Morgan fingerprint density at radius 3 is 2.22 bits per heavy atom. The summed E-state index contributed by atoms with van der Waals surface area (Å²) in [4.78, 5) is 22.0. The average molecular weight is 337 g/mol. The smallest absolute Gasteiger partial charge is 0.326 e. The lowest BCUT2D eigenvalue weighted by Gasteiger charge is -2.07. The first-order chi connectivity index (χ1) is 10.7. The van der Waals surface area contributed by atoms with E-state index in [9.17, 15) is 18.4 Å². The van der Waals surface area contributed by atoms with E-state index in [4.69, 9.17) is 10.8 Å². The monoisotopic (exact) mass is 337 g/mol. The van der Waals surface area contributed by atoms with Crippen LogP contribution in [0.25, 0.3) is 0 Å². The molecule has 0 spiro atoms. The van der Waals surface area contributed by atoms with Gasteiger partial charge in [0.1, 0.15) is 5.54 Å². The molecule has 2 rings (SSSR count). The van der Waals surface area contributed by atoms with E-state index in [0.29, 0.717) is 18.8 Å². The molecule has 0 heterocycles. The van der Waals surface area contributed by atoms with Crippen molar-refractivity contribution in [1.29, 1.82) is 0 Å². The lowest BCUT2D eigenvalue weighted by atomic mass is 10.1. The van der Waals surface area contributed by atoms with Gasteiger partial charge < -0.3 is 20.3 Å². The van der Waals surface area contributed by atoms with E-state index in [1.807, 2.05) is 6.92 Å². The van der Waals surface area contributed by atoms with Gasteiger partial charge in [-0.2, -0.15) is 0 Å². The molecule has 2 fully saturated rings. The number of aliphatic hydroxyl groups is 1. The van der Waals surface area contributed by atoms with E-state index < -0.39 is 23.9 Å². The summed E-state index contributed by atoms with van der Waals surface area (Å²) in [5, 5.41) is 8.61. The number of hydrogen-bond acceptors (Lipinski definition) is 6. The Hall–Kier alpha value is -1.28. The topological polar surface area (TPSA) is 98.9 Å². The Morgan fingerprint density at radius 1 is 1.22 bits per heavy atom. The molecule has 4 atom stereocenters. The van der Waals surface area contributed by atoms with Gasteiger partial charge in [-0.15, -0.1) is 0 Å². The van der Waals surface area contributed by atoms with Gasteiger partial charge in [0.2, 0.25) is 6.43 Å². The van der Waals surface area contributed by atoms with E-state index in [1.54, 1.807) is 0 Å². The summed E-state index contributed by atoms with van der Waals surface area (Å²) in [7, 11) is 2.61. The average Bonchev–Trinajstić information content (AvgIpc) is 3.36. The minimum absolute atomic E-state index is 0.143. The number of halogens is 2. The number of aliphatic hydroxyl groups excluding tert-OH is 1. The van der Waals surface area contributed by atoms with Crippen LogP contribution in [0.15, 0.2) is 0 Å². The van der Waals surface area contributed by atoms with E-state index in [0.717, 1.165) is 6.42 Å². The normalized spacial score (nSPS) is 34.3. The first kappa shape index (κ1) is 19.8. The minimum Gasteiger partial charge on any atom is -0.469 e. The van der Waals surface area contributed by atoms with Gasteiger partial charge in [-0.1, -0.05) is 0 Å². The second kappa shape index (κ2) is 7.53. The number of carbonyl (C=O) groups is 2. The molecule has 23 heavy (non-hydrogen) atoms. The molecule has 0 aromatic rings. The Morgan fingerprint density at radius 2 is 1.78 bits per heavy atom. The van der Waals surface area contributed by atoms with Crippen LogP contribution in [0.1, 0.15) is 32.6 Å². The van der Waals surface area contributed by atoms with Crippen molar-refractivity contribution >= 4 is 11.9 Å². The van der Waals surface area contributed by atoms with Crippen molar-refractivity contribution in [2.75, 3.05) is 20.8 Å². The number of alkyl halides is 2. The molecule has 2 aliphatic rings. The van der Waals surface area contributed by atoms with Crippen LogP contribution in [0.4, 0.5) is 8.78 Å². The molecule has 0 radical (unpaired) electrons. The highest BCUT2D eigenvalue weighted by molar-refractivity contribution is 5.84. The first-order valence-corrected chi connectivity index (χ1v) is 7.50. The van der Waals surface area contributed by atoms with Crippen LogP contribution in [0.5, 0.6) is 0 Å². The van der Waals surface area contributed by atoms with Crippen molar-refractivity contribution in [3.63, 3.8) is 0 Å². The van der Waals surface area contributed by atoms with Gasteiger partial charge in [0, 0.05) is 13.0 Å². The molecule has 2 aliphatic carbocycles. The fraction of sp³-hybridized carbons (Fsp3) is 0.867. The molecular formula is C15H25F2NO5. The number of rotatable bonds is 6. The van der Waals surface area contributed by atoms with Crippen LogP contribution in [-0.2, 0) is 19.1 Å². The van der Waals surface area contributed by atoms with E-state index >= 15 is 0 Å². The summed E-state index contributed by atoms with van der Waals surface area (Å²) in [5.74, 6) is -0.811. The molecule has 0 aliphatic heterocycles. The second-order valence-electron chi connectivity index (χ2n) is 6.38. The molecule has 0 bridgehead atoms. The molecule has 3 N–H and O–H groups in total. The van der Waals surface area contributed by atoms with Gasteiger partial charge in [0.25, 0.3) is 0 Å². The van der Waals surface area contributed by atoms with Crippen LogP contribution in [0, 0.1) is 17.3 Å². The van der Waals surface area contributed by atoms with E-state index in [2.05, 4.69) is 9.47 Å². The third-order valence-electron chi connectivity index (χ3n) is 4.72. The Kier molecular flexibility index (Phi) is 6.47. The van der Waals surface area contributed by atoms with Crippen LogP contribution in [0.2, 0.25) is 0 Å². The highest BCUT2D eigenvalue weighted by Crippen LogP contribution is 2.54. The van der Waals surface area contributed by atoms with E-state index in [-0.39, 0.29) is 24.4 Å². The van der Waals surface area contributed by atoms with E-state index in [1.165, 1.54) is 14.2 Å². The number of nitrogens with two attached hydrogens (primary N) is 1. The van der Waals surface area contributed by atoms with Gasteiger partial charge in [-0.05, 0) is 38.0 Å². The summed E-state index contributed by atoms with van der Waals surface area (Å²) < 4.78 is 32.7. The first-order valence-electron chi connectivity index (χ1n) is 7.50. The van der Waals surface area contributed by atoms with Gasteiger partial charge >= 0.3 is 11.9 Å². The van der Waals surface area contributed by atoms with Gasteiger partial charge in [-0.3, -0.25) is 9.59 Å². The highest BCUT2D eigenvalue weighted by Gasteiger charge is 2.58. The molecule has 0 amide bonds. The quantitative estimate of drug-likeness (QED) is 0.704. The predicted molar refractivity (Wildman–Crippen MR) is 77.6 cm³/mol. The zero-order valence-electron chi connectivity index (χ0n) is 13.7. The van der Waals surface area contributed by atoms with Crippen LogP contribution in [-0.4, -0.2) is 49.8 Å². The number of hydrogen-bond donors (Lipinski definition) is 2. The molecule has 2 saturated carbocycles. The van der Waals surface area contributed by atoms with Crippen LogP contribution >= 0.6 is 0 Å². The van der Waals surface area contributed by atoms with Crippen molar-refractivity contribution < 1.29 is 33.0 Å². The minimum atomic E-state index is -2.40. The predicted octanol–water partition coefficient (Wildman–Crippen LogP) is 1.10. The summed E-state index contributed by atoms with van der Waals surface area (Å²) >= 11 is 0. The summed E-state index contributed by atoms with van der Waals surface area (Å²) in [5.41, 5.74) is 4.06. The lowest BCUT2D eigenvalue weighted by molar-refractivity contribution is -0.147. The Bertz CT molecular complexity index is 448. The number of ether oxygens (including phenoxy) is 2. The standard InChI is InChI=1S/C8H14O3.C7H11F2NO2/c1-8(7(10)11-2)5-6(8)3-4-9;1-12-6(11)7(10)3-4(7)2-5(8)9/h6,9H,3-5H2,1-2H3;4-5H,2-3,10H2,1H3/t6-,8+;4-,7-/m11/s1. The Labute approximate surface area is 134 Å². The third-order valence-corrected chi connectivity index (χ3v) is 4.72. The maximum atomic E-state index is 11.8. The molecule has 0 aromatic heterocycles. The lowest BCUT2D eigenvalue weighted by Crippen LogP contribution is -2.36. The summed E-state index contributed by atoms with van der Waals surface area (Å²) in [6.45, 7) is 2.05. The Balaban J connectivity index is 0.000000231. The molecule has 134 valence electrons. The zero-order valence-corrected chi connectivity index (χ0v) is 13.7. The number of esters is 2. The van der Waals surface area contributed by atoms with Crippen LogP contribution in [0.3, 0.4) is 0 Å². The van der Waals surface area contributed by atoms with Crippen molar-refractivity contribution in [3.8, 4) is 0 Å². The molecular weight excluding hydrogens is 312 g/mol. The fourth-order valence-electron chi connectivity index (χ4n) is 2.81. The molecule has 6 nitrogen and oxygen atoms in total. The SMILES string of the molecule is COC(=O)[C@@]1(C)C[C@H]1CCO.COC(=O)[C@@]1(N)C[C@H]1CC(F)F. The summed E-state index contributed by atoms with van der Waals surface area (Å²) in [6, 6.07) is 0. The fourth-order valence-corrected chi connectivity index (χ4v) is 2.81. The highest BCUT2D eigenvalue weighted by atomic mass is 19.3. The number of methoxy groups -OCH3 is 2. The second-order valence-corrected chi connectivity index (χ2v) is 6.38. The molecule has 8 heteroatoms. The van der Waals surface area contributed by atoms with Gasteiger partial charge in [0.15, 0.2) is 0 Å². The maximum Gasteiger partial charge on any atom is 0.326 e. The van der Waals surface area contributed by atoms with Crippen LogP contribution < -0.4 is 5.73 Å². The largest absolute Gasteiger partial charge is 0.469 e. The van der Waals surface area contributed by atoms with Crippen molar-refractivity contribution in [1.82, 2.24) is 0 Å². The van der Waals surface area contributed by atoms with Gasteiger partial charge in [0.05, 0.1) is 19.6 Å². The number of carbonyl (C=O) groups excluding carboxylic acids is 2.